The molecule has 0 radical (unpaired) electrons. The predicted octanol–water partition coefficient (Wildman–Crippen LogP) is 4.48. The van der Waals surface area contributed by atoms with E-state index >= 15 is 0 Å². The second-order valence-electron chi connectivity index (χ2n) is 5.38. The van der Waals surface area contributed by atoms with Gasteiger partial charge in [-0.3, -0.25) is 0 Å². The summed E-state index contributed by atoms with van der Waals surface area (Å²) in [5, 5.41) is 0. The van der Waals surface area contributed by atoms with Crippen LogP contribution in [0.2, 0.25) is 0 Å². The first kappa shape index (κ1) is 15.2. The molecular weight excluding hydrogens is 218 g/mol. The number of nitrogens with two attached hydrogens (primary N) is 1. The molecule has 0 aliphatic carbocycles. The molecule has 18 heavy (non-hydrogen) atoms. The molecule has 1 rings (SSSR count). The lowest BCUT2D eigenvalue weighted by Gasteiger charge is -2.10. The van der Waals surface area contributed by atoms with Gasteiger partial charge in [0.1, 0.15) is 0 Å². The Morgan fingerprint density at radius 3 is 2.17 bits per heavy atom. The molecular formula is C17H29N. The maximum absolute atomic E-state index is 6.07. The first-order chi connectivity index (χ1) is 8.76. The first-order valence-corrected chi connectivity index (χ1v) is 7.59. The third-order valence-corrected chi connectivity index (χ3v) is 3.50. The molecule has 0 bridgehead atoms. The zero-order valence-corrected chi connectivity index (χ0v) is 12.1. The Balaban J connectivity index is 2.33. The van der Waals surface area contributed by atoms with Crippen molar-refractivity contribution in [2.45, 2.75) is 71.3 Å². The van der Waals surface area contributed by atoms with Gasteiger partial charge in [0.2, 0.25) is 0 Å². The number of aryl methyl sites for hydroxylation is 1. The molecule has 102 valence electrons. The zero-order valence-electron chi connectivity index (χ0n) is 12.1. The van der Waals surface area contributed by atoms with E-state index in [2.05, 4.69) is 38.1 Å². The summed E-state index contributed by atoms with van der Waals surface area (Å²) in [5.74, 6) is 0. The van der Waals surface area contributed by atoms with E-state index in [9.17, 15) is 0 Å². The third-order valence-electron chi connectivity index (χ3n) is 3.50. The molecule has 1 unspecified atom stereocenters. The van der Waals surface area contributed by atoms with Gasteiger partial charge in [-0.2, -0.15) is 0 Å². The van der Waals surface area contributed by atoms with E-state index in [0.29, 0.717) is 6.04 Å². The molecule has 0 amide bonds. The van der Waals surface area contributed by atoms with Crippen LogP contribution in [-0.2, 0) is 12.8 Å². The maximum atomic E-state index is 6.07. The smallest absolute Gasteiger partial charge is 0.00792 e. The highest BCUT2D eigenvalue weighted by Crippen LogP contribution is 2.11. The lowest BCUT2D eigenvalue weighted by molar-refractivity contribution is 0.600. The van der Waals surface area contributed by atoms with Gasteiger partial charge in [-0.25, -0.2) is 0 Å². The van der Waals surface area contributed by atoms with Crippen molar-refractivity contribution < 1.29 is 0 Å². The average molecular weight is 247 g/mol. The van der Waals surface area contributed by atoms with Crippen LogP contribution in [-0.4, -0.2) is 6.04 Å². The van der Waals surface area contributed by atoms with Crippen LogP contribution in [0, 0.1) is 0 Å². The lowest BCUT2D eigenvalue weighted by atomic mass is 10.00. The Morgan fingerprint density at radius 1 is 0.889 bits per heavy atom. The van der Waals surface area contributed by atoms with E-state index in [-0.39, 0.29) is 0 Å². The van der Waals surface area contributed by atoms with Crippen LogP contribution >= 0.6 is 0 Å². The van der Waals surface area contributed by atoms with Gasteiger partial charge in [-0.1, -0.05) is 63.8 Å². The molecule has 2 N–H and O–H groups in total. The number of hydrogen-bond acceptors (Lipinski definition) is 1. The molecule has 0 heterocycles. The van der Waals surface area contributed by atoms with Crippen molar-refractivity contribution in [1.82, 2.24) is 0 Å². The lowest BCUT2D eigenvalue weighted by Crippen LogP contribution is -2.22. The quantitative estimate of drug-likeness (QED) is 0.640. The van der Waals surface area contributed by atoms with Crippen LogP contribution in [0.3, 0.4) is 0 Å². The van der Waals surface area contributed by atoms with Crippen LogP contribution < -0.4 is 5.73 Å². The van der Waals surface area contributed by atoms with Crippen LogP contribution in [0.4, 0.5) is 0 Å². The average Bonchev–Trinajstić information content (AvgIpc) is 2.37. The summed E-state index contributed by atoms with van der Waals surface area (Å²) in [6, 6.07) is 9.39. The number of unbranched alkanes of at least 4 members (excludes halogenated alkanes) is 3. The molecule has 0 fully saturated rings. The molecule has 1 atom stereocenters. The summed E-state index contributed by atoms with van der Waals surface area (Å²) in [6.07, 6.45) is 9.90. The topological polar surface area (TPSA) is 26.0 Å². The molecule has 1 aromatic rings. The maximum Gasteiger partial charge on any atom is 0.00792 e. The molecule has 0 aliphatic heterocycles. The normalized spacial score (nSPS) is 12.6. The fraction of sp³-hybridized carbons (Fsp3) is 0.647. The standard InChI is InChI=1S/C17H29N/c1-3-5-6-7-9-15-10-12-16(13-11-15)14-17(18)8-4-2/h10-13,17H,3-9,14,18H2,1-2H3. The largest absolute Gasteiger partial charge is 0.327 e. The summed E-state index contributed by atoms with van der Waals surface area (Å²) in [7, 11) is 0. The fourth-order valence-electron chi connectivity index (χ4n) is 2.37. The predicted molar refractivity (Wildman–Crippen MR) is 80.9 cm³/mol. The van der Waals surface area contributed by atoms with Crippen molar-refractivity contribution in [2.75, 3.05) is 0 Å². The summed E-state index contributed by atoms with van der Waals surface area (Å²) in [5.41, 5.74) is 8.92. The molecule has 0 spiro atoms. The molecule has 1 nitrogen and oxygen atoms in total. The highest BCUT2D eigenvalue weighted by Gasteiger charge is 2.02. The molecule has 0 saturated heterocycles. The minimum Gasteiger partial charge on any atom is -0.327 e. The molecule has 1 aromatic carbocycles. The van der Waals surface area contributed by atoms with E-state index in [4.69, 9.17) is 5.73 Å². The van der Waals surface area contributed by atoms with Crippen molar-refractivity contribution in [1.29, 1.82) is 0 Å². The van der Waals surface area contributed by atoms with E-state index in [1.807, 2.05) is 0 Å². The summed E-state index contributed by atoms with van der Waals surface area (Å²) in [6.45, 7) is 4.45. The van der Waals surface area contributed by atoms with Crippen LogP contribution in [0.15, 0.2) is 24.3 Å². The molecule has 0 aromatic heterocycles. The fourth-order valence-corrected chi connectivity index (χ4v) is 2.37. The van der Waals surface area contributed by atoms with E-state index in [1.165, 1.54) is 49.7 Å². The van der Waals surface area contributed by atoms with Crippen molar-refractivity contribution in [3.05, 3.63) is 35.4 Å². The Morgan fingerprint density at radius 2 is 1.56 bits per heavy atom. The Bertz CT molecular complexity index is 302. The molecule has 0 saturated carbocycles. The van der Waals surface area contributed by atoms with E-state index in [1.54, 1.807) is 0 Å². The van der Waals surface area contributed by atoms with Gasteiger partial charge in [0, 0.05) is 6.04 Å². The van der Waals surface area contributed by atoms with Crippen molar-refractivity contribution in [3.8, 4) is 0 Å². The molecule has 0 aliphatic rings. The van der Waals surface area contributed by atoms with E-state index < -0.39 is 0 Å². The second kappa shape index (κ2) is 9.16. The van der Waals surface area contributed by atoms with Gasteiger partial charge in [0.15, 0.2) is 0 Å². The Labute approximate surface area is 113 Å². The third kappa shape index (κ3) is 6.20. The van der Waals surface area contributed by atoms with Crippen molar-refractivity contribution in [3.63, 3.8) is 0 Å². The highest BCUT2D eigenvalue weighted by molar-refractivity contribution is 5.23. The highest BCUT2D eigenvalue weighted by atomic mass is 14.6. The number of hydrogen-bond donors (Lipinski definition) is 1. The van der Waals surface area contributed by atoms with Gasteiger partial charge in [0.05, 0.1) is 0 Å². The van der Waals surface area contributed by atoms with Gasteiger partial charge in [-0.15, -0.1) is 0 Å². The van der Waals surface area contributed by atoms with Gasteiger partial charge in [-0.05, 0) is 36.8 Å². The summed E-state index contributed by atoms with van der Waals surface area (Å²) >= 11 is 0. The van der Waals surface area contributed by atoms with Crippen LogP contribution in [0.1, 0.15) is 63.5 Å². The Hall–Kier alpha value is -0.820. The van der Waals surface area contributed by atoms with Crippen LogP contribution in [0.25, 0.3) is 0 Å². The number of benzene rings is 1. The monoisotopic (exact) mass is 247 g/mol. The van der Waals surface area contributed by atoms with Crippen molar-refractivity contribution >= 4 is 0 Å². The molecule has 1 heteroatoms. The van der Waals surface area contributed by atoms with Gasteiger partial charge in [0.25, 0.3) is 0 Å². The Kier molecular flexibility index (Phi) is 7.75. The number of rotatable bonds is 9. The minimum atomic E-state index is 0.324. The SMILES string of the molecule is CCCCCCc1ccc(CC(N)CCC)cc1. The summed E-state index contributed by atoms with van der Waals surface area (Å²) < 4.78 is 0. The summed E-state index contributed by atoms with van der Waals surface area (Å²) in [4.78, 5) is 0. The van der Waals surface area contributed by atoms with Crippen molar-refractivity contribution in [2.24, 2.45) is 5.73 Å². The second-order valence-corrected chi connectivity index (χ2v) is 5.38. The minimum absolute atomic E-state index is 0.324. The zero-order chi connectivity index (χ0) is 13.2. The van der Waals surface area contributed by atoms with Gasteiger partial charge >= 0.3 is 0 Å². The van der Waals surface area contributed by atoms with Gasteiger partial charge < -0.3 is 5.73 Å². The van der Waals surface area contributed by atoms with E-state index in [0.717, 1.165) is 12.8 Å². The first-order valence-electron chi connectivity index (χ1n) is 7.59. The van der Waals surface area contributed by atoms with Crippen LogP contribution in [0.5, 0.6) is 0 Å².